The standard InChI is InChI=1S/C21H25N3/c1-14-6-5-11-24-20(15(2)13-22)19(23-21(14)24)18-10-9-16-7-3-4-8-17(16)12-18/h5-6,9-12,15H,3-4,7-8,13,22H2,1-2H3. The second-order valence-electron chi connectivity index (χ2n) is 7.06. The van der Waals surface area contributed by atoms with Crippen molar-refractivity contribution in [1.29, 1.82) is 0 Å². The highest BCUT2D eigenvalue weighted by Gasteiger charge is 2.20. The molecule has 0 spiro atoms. The van der Waals surface area contributed by atoms with Crippen LogP contribution in [0.15, 0.2) is 36.5 Å². The number of hydrogen-bond acceptors (Lipinski definition) is 2. The Hall–Kier alpha value is -2.13. The van der Waals surface area contributed by atoms with Gasteiger partial charge in [0, 0.05) is 24.2 Å². The van der Waals surface area contributed by atoms with Crippen LogP contribution in [-0.2, 0) is 12.8 Å². The molecule has 0 radical (unpaired) electrons. The summed E-state index contributed by atoms with van der Waals surface area (Å²) in [5, 5.41) is 0. The molecule has 1 atom stereocenters. The summed E-state index contributed by atoms with van der Waals surface area (Å²) in [7, 11) is 0. The molecule has 3 aromatic rings. The van der Waals surface area contributed by atoms with E-state index in [1.54, 1.807) is 0 Å². The van der Waals surface area contributed by atoms with Crippen molar-refractivity contribution in [2.24, 2.45) is 5.73 Å². The van der Waals surface area contributed by atoms with E-state index >= 15 is 0 Å². The predicted octanol–water partition coefficient (Wildman–Crippen LogP) is 4.25. The van der Waals surface area contributed by atoms with Crippen LogP contribution in [-0.4, -0.2) is 15.9 Å². The molecular weight excluding hydrogens is 294 g/mol. The summed E-state index contributed by atoms with van der Waals surface area (Å²) >= 11 is 0. The number of pyridine rings is 1. The van der Waals surface area contributed by atoms with Crippen LogP contribution in [0.4, 0.5) is 0 Å². The number of nitrogens with two attached hydrogens (primary N) is 1. The van der Waals surface area contributed by atoms with E-state index in [1.165, 1.54) is 53.6 Å². The summed E-state index contributed by atoms with van der Waals surface area (Å²) in [6.07, 6.45) is 7.13. The first-order valence-electron chi connectivity index (χ1n) is 8.99. The lowest BCUT2D eigenvalue weighted by molar-refractivity contribution is 0.685. The maximum Gasteiger partial charge on any atom is 0.140 e. The maximum absolute atomic E-state index is 6.01. The SMILES string of the molecule is Cc1cccn2c(C(C)CN)c(-c3ccc4c(c3)CCCC4)nc12. The second-order valence-corrected chi connectivity index (χ2v) is 7.06. The first-order valence-corrected chi connectivity index (χ1v) is 8.99. The van der Waals surface area contributed by atoms with Crippen LogP contribution >= 0.6 is 0 Å². The Bertz CT molecular complexity index is 891. The average Bonchev–Trinajstić information content (AvgIpc) is 3.01. The molecule has 4 rings (SSSR count). The molecule has 1 aromatic carbocycles. The number of hydrogen-bond donors (Lipinski definition) is 1. The molecule has 0 aliphatic heterocycles. The van der Waals surface area contributed by atoms with E-state index in [1.807, 2.05) is 0 Å². The van der Waals surface area contributed by atoms with Gasteiger partial charge in [0.25, 0.3) is 0 Å². The molecule has 1 aliphatic rings. The van der Waals surface area contributed by atoms with Crippen LogP contribution in [0.25, 0.3) is 16.9 Å². The van der Waals surface area contributed by atoms with Crippen LogP contribution < -0.4 is 5.73 Å². The topological polar surface area (TPSA) is 43.3 Å². The third kappa shape index (κ3) is 2.44. The van der Waals surface area contributed by atoms with Gasteiger partial charge in [0.15, 0.2) is 0 Å². The van der Waals surface area contributed by atoms with Gasteiger partial charge in [-0.15, -0.1) is 0 Å². The van der Waals surface area contributed by atoms with Crippen LogP contribution in [0.2, 0.25) is 0 Å². The minimum atomic E-state index is 0.271. The molecule has 0 bridgehead atoms. The Labute approximate surface area is 143 Å². The lowest BCUT2D eigenvalue weighted by Gasteiger charge is -2.17. The molecule has 2 aromatic heterocycles. The number of aryl methyl sites for hydroxylation is 3. The first-order chi connectivity index (χ1) is 11.7. The zero-order chi connectivity index (χ0) is 16.7. The highest BCUT2D eigenvalue weighted by Crippen LogP contribution is 2.33. The smallest absolute Gasteiger partial charge is 0.140 e. The van der Waals surface area contributed by atoms with Crippen molar-refractivity contribution in [3.8, 4) is 11.3 Å². The van der Waals surface area contributed by atoms with E-state index < -0.39 is 0 Å². The average molecular weight is 319 g/mol. The van der Waals surface area contributed by atoms with E-state index in [4.69, 9.17) is 10.7 Å². The lowest BCUT2D eigenvalue weighted by atomic mass is 9.89. The van der Waals surface area contributed by atoms with E-state index in [-0.39, 0.29) is 5.92 Å². The Morgan fingerprint density at radius 3 is 2.75 bits per heavy atom. The fraction of sp³-hybridized carbons (Fsp3) is 0.381. The van der Waals surface area contributed by atoms with Gasteiger partial charge in [0.1, 0.15) is 5.65 Å². The van der Waals surface area contributed by atoms with Gasteiger partial charge in [-0.05, 0) is 61.4 Å². The van der Waals surface area contributed by atoms with Crippen LogP contribution in [0.3, 0.4) is 0 Å². The van der Waals surface area contributed by atoms with Crippen molar-refractivity contribution >= 4 is 5.65 Å². The quantitative estimate of drug-likeness (QED) is 0.784. The van der Waals surface area contributed by atoms with E-state index in [2.05, 4.69) is 54.8 Å². The summed E-state index contributed by atoms with van der Waals surface area (Å²) in [4.78, 5) is 5.01. The molecule has 3 nitrogen and oxygen atoms in total. The van der Waals surface area contributed by atoms with Crippen molar-refractivity contribution in [2.45, 2.75) is 45.4 Å². The predicted molar refractivity (Wildman–Crippen MR) is 99.5 cm³/mol. The fourth-order valence-electron chi connectivity index (χ4n) is 3.90. The molecule has 1 aliphatic carbocycles. The summed E-state index contributed by atoms with van der Waals surface area (Å²) in [6.45, 7) is 4.93. The van der Waals surface area contributed by atoms with Crippen molar-refractivity contribution in [1.82, 2.24) is 9.38 Å². The Balaban J connectivity index is 1.94. The molecule has 124 valence electrons. The summed E-state index contributed by atoms with van der Waals surface area (Å²) in [5.74, 6) is 0.271. The molecule has 0 fully saturated rings. The van der Waals surface area contributed by atoms with E-state index in [0.717, 1.165) is 11.3 Å². The minimum absolute atomic E-state index is 0.271. The minimum Gasteiger partial charge on any atom is -0.330 e. The van der Waals surface area contributed by atoms with Crippen molar-refractivity contribution in [3.63, 3.8) is 0 Å². The van der Waals surface area contributed by atoms with Crippen LogP contribution in [0, 0.1) is 6.92 Å². The molecule has 0 saturated carbocycles. The Kier molecular flexibility index (Phi) is 3.89. The van der Waals surface area contributed by atoms with Gasteiger partial charge in [-0.25, -0.2) is 4.98 Å². The van der Waals surface area contributed by atoms with Gasteiger partial charge in [-0.2, -0.15) is 0 Å². The third-order valence-corrected chi connectivity index (χ3v) is 5.32. The molecule has 0 saturated heterocycles. The van der Waals surface area contributed by atoms with Crippen LogP contribution in [0.5, 0.6) is 0 Å². The zero-order valence-electron chi connectivity index (χ0n) is 14.5. The maximum atomic E-state index is 6.01. The largest absolute Gasteiger partial charge is 0.330 e. The van der Waals surface area contributed by atoms with Crippen LogP contribution in [0.1, 0.15) is 48.1 Å². The highest BCUT2D eigenvalue weighted by molar-refractivity contribution is 5.70. The van der Waals surface area contributed by atoms with Gasteiger partial charge >= 0.3 is 0 Å². The molecule has 24 heavy (non-hydrogen) atoms. The van der Waals surface area contributed by atoms with Crippen molar-refractivity contribution in [2.75, 3.05) is 6.54 Å². The molecule has 2 heterocycles. The third-order valence-electron chi connectivity index (χ3n) is 5.32. The normalized spacial score (nSPS) is 15.5. The summed E-state index contributed by atoms with van der Waals surface area (Å²) < 4.78 is 2.22. The summed E-state index contributed by atoms with van der Waals surface area (Å²) in [6, 6.07) is 11.1. The Morgan fingerprint density at radius 2 is 1.96 bits per heavy atom. The molecule has 1 unspecified atom stereocenters. The number of fused-ring (bicyclic) bond motifs is 2. The van der Waals surface area contributed by atoms with Gasteiger partial charge in [-0.3, -0.25) is 0 Å². The van der Waals surface area contributed by atoms with Gasteiger partial charge in [-0.1, -0.05) is 25.1 Å². The van der Waals surface area contributed by atoms with Gasteiger partial charge < -0.3 is 10.1 Å². The fourth-order valence-corrected chi connectivity index (χ4v) is 3.90. The van der Waals surface area contributed by atoms with E-state index in [9.17, 15) is 0 Å². The van der Waals surface area contributed by atoms with Gasteiger partial charge in [0.05, 0.1) is 11.4 Å². The molecule has 0 amide bonds. The van der Waals surface area contributed by atoms with E-state index in [0.29, 0.717) is 6.54 Å². The first kappa shape index (κ1) is 15.4. The van der Waals surface area contributed by atoms with Crippen molar-refractivity contribution in [3.05, 3.63) is 58.9 Å². The number of aromatic nitrogens is 2. The zero-order valence-corrected chi connectivity index (χ0v) is 14.5. The monoisotopic (exact) mass is 319 g/mol. The molecule has 2 N–H and O–H groups in total. The lowest BCUT2D eigenvalue weighted by Crippen LogP contribution is -2.12. The summed E-state index contributed by atoms with van der Waals surface area (Å²) in [5.41, 5.74) is 14.8. The molecule has 3 heteroatoms. The second kappa shape index (κ2) is 6.06. The van der Waals surface area contributed by atoms with Crippen molar-refractivity contribution < 1.29 is 0 Å². The highest BCUT2D eigenvalue weighted by atomic mass is 15.0. The molecular formula is C21H25N3. The number of rotatable bonds is 3. The number of imidazole rings is 1. The number of benzene rings is 1. The number of nitrogens with zero attached hydrogens (tertiary/aromatic N) is 2. The van der Waals surface area contributed by atoms with Gasteiger partial charge in [0.2, 0.25) is 0 Å². The Morgan fingerprint density at radius 1 is 1.17 bits per heavy atom.